The molecule has 3 nitrogen and oxygen atoms in total. The second-order valence-electron chi connectivity index (χ2n) is 1.80. The molecule has 0 aliphatic carbocycles. The Kier molecular flexibility index (Phi) is 2.62. The van der Waals surface area contributed by atoms with Gasteiger partial charge >= 0.3 is 0 Å². The Morgan fingerprint density at radius 1 is 1.70 bits per heavy atom. The molecule has 0 aromatic carbocycles. The van der Waals surface area contributed by atoms with Gasteiger partial charge in [-0.05, 0) is 12.1 Å². The minimum absolute atomic E-state index is 0.320. The number of aromatic nitrogens is 1. The lowest BCUT2D eigenvalue weighted by Crippen LogP contribution is -2.07. The maximum atomic E-state index is 8.28. The molecule has 0 atom stereocenters. The van der Waals surface area contributed by atoms with E-state index >= 15 is 0 Å². The van der Waals surface area contributed by atoms with Gasteiger partial charge < -0.3 is 5.21 Å². The van der Waals surface area contributed by atoms with Gasteiger partial charge in [0.1, 0.15) is 0 Å². The van der Waals surface area contributed by atoms with Crippen molar-refractivity contribution in [2.45, 2.75) is 6.54 Å². The minimum Gasteiger partial charge on any atom is -0.316 e. The van der Waals surface area contributed by atoms with Crippen molar-refractivity contribution in [3.05, 3.63) is 29.0 Å². The molecule has 1 rings (SSSR count). The Balaban J connectivity index is 2.75. The summed E-state index contributed by atoms with van der Waals surface area (Å²) in [6, 6.07) is 3.37. The summed E-state index contributed by atoms with van der Waals surface area (Å²) in [6.07, 6.45) is 1.59. The lowest BCUT2D eigenvalue weighted by Gasteiger charge is -1.96. The highest BCUT2D eigenvalue weighted by atomic mass is 35.5. The molecule has 0 saturated carbocycles. The third-order valence-electron chi connectivity index (χ3n) is 1.04. The van der Waals surface area contributed by atoms with Crippen LogP contribution in [-0.4, -0.2) is 10.2 Å². The molecule has 54 valence electrons. The van der Waals surface area contributed by atoms with Crippen LogP contribution in [0.15, 0.2) is 18.3 Å². The second-order valence-corrected chi connectivity index (χ2v) is 2.24. The first-order chi connectivity index (χ1) is 4.83. The number of halogens is 1. The molecular formula is C6H7ClN2O. The normalized spacial score (nSPS) is 9.80. The Morgan fingerprint density at radius 2 is 2.50 bits per heavy atom. The van der Waals surface area contributed by atoms with E-state index in [1.54, 1.807) is 18.3 Å². The standard InChI is InChI=1S/C6H7ClN2O/c7-5-1-2-8-6(3-5)4-9-10/h1-3,9-10H,4H2. The van der Waals surface area contributed by atoms with Gasteiger partial charge in [0.15, 0.2) is 0 Å². The second kappa shape index (κ2) is 3.51. The Morgan fingerprint density at radius 3 is 3.10 bits per heavy atom. The third kappa shape index (κ3) is 1.95. The van der Waals surface area contributed by atoms with E-state index in [9.17, 15) is 0 Å². The summed E-state index contributed by atoms with van der Waals surface area (Å²) in [5, 5.41) is 8.90. The molecule has 4 heteroatoms. The number of nitrogens with one attached hydrogen (secondary N) is 1. The number of hydrogen-bond donors (Lipinski definition) is 2. The Hall–Kier alpha value is -0.640. The molecule has 0 amide bonds. The zero-order valence-electron chi connectivity index (χ0n) is 5.21. The molecule has 2 N–H and O–H groups in total. The highest BCUT2D eigenvalue weighted by molar-refractivity contribution is 6.30. The van der Waals surface area contributed by atoms with Crippen molar-refractivity contribution in [2.75, 3.05) is 0 Å². The fourth-order valence-electron chi connectivity index (χ4n) is 0.626. The SMILES string of the molecule is ONCc1cc(Cl)ccn1. The number of rotatable bonds is 2. The van der Waals surface area contributed by atoms with Crippen molar-refractivity contribution >= 4 is 11.6 Å². The summed E-state index contributed by atoms with van der Waals surface area (Å²) >= 11 is 5.63. The summed E-state index contributed by atoms with van der Waals surface area (Å²) in [4.78, 5) is 3.92. The number of nitrogens with zero attached hydrogens (tertiary/aromatic N) is 1. The van der Waals surface area contributed by atoms with Crippen molar-refractivity contribution in [3.63, 3.8) is 0 Å². The van der Waals surface area contributed by atoms with Gasteiger partial charge in [-0.2, -0.15) is 5.48 Å². The number of hydroxylamine groups is 1. The monoisotopic (exact) mass is 158 g/mol. The summed E-state index contributed by atoms with van der Waals surface area (Å²) in [5.41, 5.74) is 2.71. The van der Waals surface area contributed by atoms with Gasteiger partial charge in [0.25, 0.3) is 0 Å². The van der Waals surface area contributed by atoms with Crippen LogP contribution < -0.4 is 5.48 Å². The van der Waals surface area contributed by atoms with Crippen molar-refractivity contribution in [3.8, 4) is 0 Å². The first-order valence-electron chi connectivity index (χ1n) is 2.80. The minimum atomic E-state index is 0.320. The Labute approximate surface area is 63.6 Å². The van der Waals surface area contributed by atoms with E-state index in [0.717, 1.165) is 5.69 Å². The smallest absolute Gasteiger partial charge is 0.0631 e. The molecular weight excluding hydrogens is 152 g/mol. The lowest BCUT2D eigenvalue weighted by molar-refractivity contribution is 0.160. The molecule has 0 aliphatic rings. The van der Waals surface area contributed by atoms with Gasteiger partial charge in [0, 0.05) is 11.2 Å². The first-order valence-corrected chi connectivity index (χ1v) is 3.18. The fraction of sp³-hybridized carbons (Fsp3) is 0.167. The average molecular weight is 159 g/mol. The highest BCUT2D eigenvalue weighted by Crippen LogP contribution is 2.06. The summed E-state index contributed by atoms with van der Waals surface area (Å²) < 4.78 is 0. The van der Waals surface area contributed by atoms with Gasteiger partial charge in [-0.15, -0.1) is 0 Å². The van der Waals surface area contributed by atoms with Gasteiger partial charge in [0.2, 0.25) is 0 Å². The van der Waals surface area contributed by atoms with Crippen molar-refractivity contribution < 1.29 is 5.21 Å². The summed E-state index contributed by atoms with van der Waals surface area (Å²) in [7, 11) is 0. The molecule has 0 aliphatic heterocycles. The maximum absolute atomic E-state index is 8.28. The van der Waals surface area contributed by atoms with E-state index < -0.39 is 0 Å². The predicted octanol–water partition coefficient (Wildman–Crippen LogP) is 1.21. The van der Waals surface area contributed by atoms with E-state index in [2.05, 4.69) is 4.98 Å². The van der Waals surface area contributed by atoms with Gasteiger partial charge in [-0.25, -0.2) is 0 Å². The van der Waals surface area contributed by atoms with E-state index in [-0.39, 0.29) is 0 Å². The summed E-state index contributed by atoms with van der Waals surface area (Å²) in [5.74, 6) is 0. The van der Waals surface area contributed by atoms with Gasteiger partial charge in [-0.3, -0.25) is 4.98 Å². The van der Waals surface area contributed by atoms with Crippen LogP contribution in [0.4, 0.5) is 0 Å². The molecule has 0 fully saturated rings. The largest absolute Gasteiger partial charge is 0.316 e. The molecule has 1 heterocycles. The van der Waals surface area contributed by atoms with E-state index in [0.29, 0.717) is 11.6 Å². The molecule has 0 spiro atoms. The highest BCUT2D eigenvalue weighted by Gasteiger charge is 1.92. The topological polar surface area (TPSA) is 45.1 Å². The van der Waals surface area contributed by atoms with E-state index in [4.69, 9.17) is 16.8 Å². The van der Waals surface area contributed by atoms with Gasteiger partial charge in [-0.1, -0.05) is 11.6 Å². The van der Waals surface area contributed by atoms with E-state index in [1.165, 1.54) is 0 Å². The van der Waals surface area contributed by atoms with Crippen LogP contribution in [-0.2, 0) is 6.54 Å². The molecule has 0 bridgehead atoms. The zero-order valence-corrected chi connectivity index (χ0v) is 5.97. The lowest BCUT2D eigenvalue weighted by atomic mass is 10.3. The van der Waals surface area contributed by atoms with Crippen molar-refractivity contribution in [1.82, 2.24) is 10.5 Å². The first kappa shape index (κ1) is 7.47. The Bertz CT molecular complexity index is 217. The maximum Gasteiger partial charge on any atom is 0.0631 e. The quantitative estimate of drug-likeness (QED) is 0.636. The zero-order chi connectivity index (χ0) is 7.40. The molecule has 10 heavy (non-hydrogen) atoms. The van der Waals surface area contributed by atoms with Gasteiger partial charge in [0.05, 0.1) is 12.2 Å². The third-order valence-corrected chi connectivity index (χ3v) is 1.27. The van der Waals surface area contributed by atoms with Crippen LogP contribution in [0, 0.1) is 0 Å². The van der Waals surface area contributed by atoms with Crippen LogP contribution in [0.3, 0.4) is 0 Å². The van der Waals surface area contributed by atoms with Crippen LogP contribution in [0.2, 0.25) is 5.02 Å². The van der Waals surface area contributed by atoms with Crippen molar-refractivity contribution in [1.29, 1.82) is 0 Å². The molecule has 0 saturated heterocycles. The average Bonchev–Trinajstić information content (AvgIpc) is 1.88. The number of hydrogen-bond acceptors (Lipinski definition) is 3. The van der Waals surface area contributed by atoms with Crippen molar-refractivity contribution in [2.24, 2.45) is 0 Å². The van der Waals surface area contributed by atoms with Crippen LogP contribution in [0.25, 0.3) is 0 Å². The fourth-order valence-corrected chi connectivity index (χ4v) is 0.809. The molecule has 1 aromatic heterocycles. The number of pyridine rings is 1. The van der Waals surface area contributed by atoms with Crippen LogP contribution in [0.1, 0.15) is 5.69 Å². The van der Waals surface area contributed by atoms with Crippen LogP contribution >= 0.6 is 11.6 Å². The molecule has 0 radical (unpaired) electrons. The molecule has 0 unspecified atom stereocenters. The predicted molar refractivity (Wildman–Crippen MR) is 37.9 cm³/mol. The summed E-state index contributed by atoms with van der Waals surface area (Å²) in [6.45, 7) is 0.320. The van der Waals surface area contributed by atoms with E-state index in [1.807, 2.05) is 5.48 Å². The van der Waals surface area contributed by atoms with Crippen LogP contribution in [0.5, 0.6) is 0 Å². The molecule has 1 aromatic rings.